The minimum atomic E-state index is -0.293. The zero-order valence-corrected chi connectivity index (χ0v) is 16.1. The highest BCUT2D eigenvalue weighted by Gasteiger charge is 2.20. The van der Waals surface area contributed by atoms with E-state index in [4.69, 9.17) is 5.73 Å². The Labute approximate surface area is 147 Å². The van der Waals surface area contributed by atoms with Gasteiger partial charge in [-0.1, -0.05) is 15.9 Å². The lowest BCUT2D eigenvalue weighted by Crippen LogP contribution is -2.19. The van der Waals surface area contributed by atoms with E-state index in [1.165, 1.54) is 0 Å². The number of amides is 1. The van der Waals surface area contributed by atoms with Gasteiger partial charge in [0.25, 0.3) is 5.91 Å². The number of carbonyl (C=O) groups is 1. The molecule has 112 valence electrons. The zero-order valence-electron chi connectivity index (χ0n) is 11.4. The van der Waals surface area contributed by atoms with Crippen molar-refractivity contribution in [2.45, 2.75) is 20.4 Å². The van der Waals surface area contributed by atoms with E-state index in [1.807, 2.05) is 19.1 Å². The molecule has 0 aliphatic rings. The summed E-state index contributed by atoms with van der Waals surface area (Å²) in [5.74, 6) is -0.293. The maximum absolute atomic E-state index is 12.5. The fourth-order valence-corrected chi connectivity index (χ4v) is 4.35. The number of benzene rings is 1. The van der Waals surface area contributed by atoms with Crippen LogP contribution in [-0.4, -0.2) is 15.7 Å². The first-order valence-corrected chi connectivity index (χ1v) is 8.51. The molecule has 0 saturated heterocycles. The number of aryl methyl sites for hydroxylation is 2. The van der Waals surface area contributed by atoms with Crippen LogP contribution in [0.2, 0.25) is 0 Å². The largest absolute Gasteiger partial charge is 0.395 e. The highest BCUT2D eigenvalue weighted by molar-refractivity contribution is 9.11. The van der Waals surface area contributed by atoms with Crippen LogP contribution in [0.25, 0.3) is 0 Å². The van der Waals surface area contributed by atoms with Gasteiger partial charge in [0.05, 0.1) is 17.1 Å². The van der Waals surface area contributed by atoms with Gasteiger partial charge in [-0.25, -0.2) is 0 Å². The molecule has 0 fully saturated rings. The maximum atomic E-state index is 12.5. The summed E-state index contributed by atoms with van der Waals surface area (Å²) in [5.41, 5.74) is 8.02. The Morgan fingerprint density at radius 2 is 1.90 bits per heavy atom. The van der Waals surface area contributed by atoms with E-state index in [1.54, 1.807) is 11.6 Å². The molecule has 0 unspecified atom stereocenters. The molecule has 2 rings (SSSR count). The SMILES string of the molecule is CCn1nc(C)c(N)c1C(=O)Nc1c(Br)cc(Br)cc1Br. The second-order valence-electron chi connectivity index (χ2n) is 4.36. The van der Waals surface area contributed by atoms with Crippen molar-refractivity contribution in [3.63, 3.8) is 0 Å². The highest BCUT2D eigenvalue weighted by Crippen LogP contribution is 2.35. The van der Waals surface area contributed by atoms with Crippen LogP contribution in [0, 0.1) is 6.92 Å². The molecule has 3 N–H and O–H groups in total. The quantitative estimate of drug-likeness (QED) is 0.686. The number of hydrogen-bond donors (Lipinski definition) is 2. The summed E-state index contributed by atoms with van der Waals surface area (Å²) >= 11 is 10.2. The number of nitrogen functional groups attached to an aromatic ring is 1. The highest BCUT2D eigenvalue weighted by atomic mass is 79.9. The van der Waals surface area contributed by atoms with Gasteiger partial charge in [0.15, 0.2) is 0 Å². The van der Waals surface area contributed by atoms with E-state index in [9.17, 15) is 4.79 Å². The molecule has 1 heterocycles. The number of halogens is 3. The third-order valence-electron chi connectivity index (χ3n) is 2.93. The number of nitrogens with two attached hydrogens (primary N) is 1. The van der Waals surface area contributed by atoms with Crippen LogP contribution in [0.15, 0.2) is 25.6 Å². The van der Waals surface area contributed by atoms with Gasteiger partial charge in [-0.3, -0.25) is 9.48 Å². The second-order valence-corrected chi connectivity index (χ2v) is 6.99. The van der Waals surface area contributed by atoms with Crippen molar-refractivity contribution in [3.8, 4) is 0 Å². The van der Waals surface area contributed by atoms with Crippen LogP contribution in [0.1, 0.15) is 23.1 Å². The number of anilines is 2. The molecule has 2 aromatic rings. The summed E-state index contributed by atoms with van der Waals surface area (Å²) in [6, 6.07) is 3.71. The molecule has 5 nitrogen and oxygen atoms in total. The third kappa shape index (κ3) is 3.32. The van der Waals surface area contributed by atoms with Crippen molar-refractivity contribution in [1.82, 2.24) is 9.78 Å². The van der Waals surface area contributed by atoms with Gasteiger partial charge >= 0.3 is 0 Å². The number of hydrogen-bond acceptors (Lipinski definition) is 3. The predicted molar refractivity (Wildman–Crippen MR) is 94.5 cm³/mol. The molecule has 1 amide bonds. The van der Waals surface area contributed by atoms with E-state index in [0.717, 1.165) is 13.4 Å². The molecule has 0 bridgehead atoms. The van der Waals surface area contributed by atoms with Crippen LogP contribution in [0.5, 0.6) is 0 Å². The van der Waals surface area contributed by atoms with Crippen LogP contribution in [0.3, 0.4) is 0 Å². The van der Waals surface area contributed by atoms with Crippen LogP contribution < -0.4 is 11.1 Å². The first kappa shape index (κ1) is 16.5. The molecule has 0 aliphatic heterocycles. The fourth-order valence-electron chi connectivity index (χ4n) is 1.90. The summed E-state index contributed by atoms with van der Waals surface area (Å²) in [5, 5.41) is 7.11. The Morgan fingerprint density at radius 1 is 1.33 bits per heavy atom. The summed E-state index contributed by atoms with van der Waals surface area (Å²) in [4.78, 5) is 12.5. The van der Waals surface area contributed by atoms with Gasteiger partial charge in [-0.05, 0) is 57.8 Å². The Bertz CT molecular complexity index is 689. The summed E-state index contributed by atoms with van der Waals surface area (Å²) in [6.07, 6.45) is 0. The molecule has 1 aromatic carbocycles. The molecule has 21 heavy (non-hydrogen) atoms. The first-order valence-electron chi connectivity index (χ1n) is 6.13. The Balaban J connectivity index is 2.40. The average molecular weight is 481 g/mol. The minimum absolute atomic E-state index is 0.293. The van der Waals surface area contributed by atoms with E-state index in [0.29, 0.717) is 29.3 Å². The van der Waals surface area contributed by atoms with Gasteiger partial charge in [0.2, 0.25) is 0 Å². The lowest BCUT2D eigenvalue weighted by molar-refractivity contribution is 0.101. The lowest BCUT2D eigenvalue weighted by atomic mass is 10.2. The van der Waals surface area contributed by atoms with Crippen molar-refractivity contribution < 1.29 is 4.79 Å². The minimum Gasteiger partial charge on any atom is -0.395 e. The predicted octanol–water partition coefficient (Wildman–Crippen LogP) is 4.33. The van der Waals surface area contributed by atoms with E-state index < -0.39 is 0 Å². The van der Waals surface area contributed by atoms with Crippen molar-refractivity contribution in [2.75, 3.05) is 11.1 Å². The number of aromatic nitrogens is 2. The van der Waals surface area contributed by atoms with Crippen molar-refractivity contribution in [1.29, 1.82) is 0 Å². The standard InChI is InChI=1S/C13H13Br3N4O/c1-3-20-12(10(17)6(2)19-20)13(21)18-11-8(15)4-7(14)5-9(11)16/h4-5H,3,17H2,1-2H3,(H,18,21). The smallest absolute Gasteiger partial charge is 0.276 e. The number of nitrogens with zero attached hydrogens (tertiary/aromatic N) is 2. The summed E-state index contributed by atoms with van der Waals surface area (Å²) < 4.78 is 4.01. The molecule has 0 saturated carbocycles. The van der Waals surface area contributed by atoms with Crippen LogP contribution >= 0.6 is 47.8 Å². The number of rotatable bonds is 3. The average Bonchev–Trinajstić information content (AvgIpc) is 2.69. The Kier molecular flexibility index (Phi) is 5.11. The van der Waals surface area contributed by atoms with E-state index in [-0.39, 0.29) is 5.91 Å². The monoisotopic (exact) mass is 478 g/mol. The summed E-state index contributed by atoms with van der Waals surface area (Å²) in [6.45, 7) is 4.27. The van der Waals surface area contributed by atoms with Gasteiger partial charge in [-0.2, -0.15) is 5.10 Å². The van der Waals surface area contributed by atoms with Gasteiger partial charge in [0, 0.05) is 20.0 Å². The van der Waals surface area contributed by atoms with Crippen molar-refractivity contribution in [2.24, 2.45) is 0 Å². The molecule has 0 atom stereocenters. The van der Waals surface area contributed by atoms with Crippen molar-refractivity contribution >= 4 is 65.1 Å². The topological polar surface area (TPSA) is 72.9 Å². The van der Waals surface area contributed by atoms with Gasteiger partial charge < -0.3 is 11.1 Å². The van der Waals surface area contributed by atoms with E-state index in [2.05, 4.69) is 58.2 Å². The molecule has 8 heteroatoms. The van der Waals surface area contributed by atoms with Crippen LogP contribution in [0.4, 0.5) is 11.4 Å². The summed E-state index contributed by atoms with van der Waals surface area (Å²) in [7, 11) is 0. The molecular formula is C13H13Br3N4O. The van der Waals surface area contributed by atoms with Crippen molar-refractivity contribution in [3.05, 3.63) is 36.9 Å². The molecule has 1 aromatic heterocycles. The number of carbonyl (C=O) groups excluding carboxylic acids is 1. The fraction of sp³-hybridized carbons (Fsp3) is 0.231. The van der Waals surface area contributed by atoms with E-state index >= 15 is 0 Å². The Hall–Kier alpha value is -0.860. The molecule has 0 spiro atoms. The normalized spacial score (nSPS) is 10.7. The molecule has 0 aliphatic carbocycles. The van der Waals surface area contributed by atoms with Gasteiger partial charge in [0.1, 0.15) is 5.69 Å². The first-order chi connectivity index (χ1) is 9.85. The van der Waals surface area contributed by atoms with Gasteiger partial charge in [-0.15, -0.1) is 0 Å². The second kappa shape index (κ2) is 6.50. The maximum Gasteiger partial charge on any atom is 0.276 e. The third-order valence-corrected chi connectivity index (χ3v) is 4.64. The zero-order chi connectivity index (χ0) is 15.7. The molecule has 0 radical (unpaired) electrons. The Morgan fingerprint density at radius 3 is 2.43 bits per heavy atom. The number of nitrogens with one attached hydrogen (secondary N) is 1. The van der Waals surface area contributed by atoms with Crippen LogP contribution in [-0.2, 0) is 6.54 Å². The lowest BCUT2D eigenvalue weighted by Gasteiger charge is -2.11. The molecular weight excluding hydrogens is 468 g/mol.